The number of nitrogens with two attached hydrogens (primary N) is 1. The van der Waals surface area contributed by atoms with E-state index < -0.39 is 17.0 Å². The van der Waals surface area contributed by atoms with Crippen molar-refractivity contribution in [2.45, 2.75) is 38.3 Å². The number of carbonyl (C=O) groups is 2. The fourth-order valence-electron chi connectivity index (χ4n) is 3.92. The number of primary amides is 1. The van der Waals surface area contributed by atoms with Gasteiger partial charge in [-0.15, -0.1) is 10.1 Å². The van der Waals surface area contributed by atoms with Crippen LogP contribution in [0.2, 0.25) is 5.02 Å². The van der Waals surface area contributed by atoms with Crippen molar-refractivity contribution in [2.75, 3.05) is 50.3 Å². The van der Waals surface area contributed by atoms with Gasteiger partial charge >= 0.3 is 5.97 Å². The third-order valence-corrected chi connectivity index (χ3v) is 6.16. The molecule has 3 rings (SSSR count). The Hall–Kier alpha value is -3.91. The van der Waals surface area contributed by atoms with Crippen molar-refractivity contribution in [1.29, 1.82) is 0 Å². The molecule has 1 amide bonds. The summed E-state index contributed by atoms with van der Waals surface area (Å²) in [5.41, 5.74) is 6.52. The smallest absolute Gasteiger partial charge is 0.308 e. The van der Waals surface area contributed by atoms with Gasteiger partial charge in [0, 0.05) is 25.9 Å². The number of carbonyl (C=O) groups excluding carboxylic acids is 2. The van der Waals surface area contributed by atoms with Crippen molar-refractivity contribution in [2.24, 2.45) is 5.73 Å². The number of benzene rings is 1. The van der Waals surface area contributed by atoms with Crippen LogP contribution in [0.4, 0.5) is 11.8 Å². The molecule has 212 valence electrons. The molecule has 39 heavy (non-hydrogen) atoms. The number of methoxy groups -OCH3 is 1. The maximum absolute atomic E-state index is 12.1. The van der Waals surface area contributed by atoms with E-state index in [2.05, 4.69) is 20.1 Å². The molecule has 3 N–H and O–H groups in total. The topological polar surface area (TPSA) is 181 Å². The Labute approximate surface area is 229 Å². The fourth-order valence-corrected chi connectivity index (χ4v) is 4.20. The molecule has 1 aromatic carbocycles. The van der Waals surface area contributed by atoms with Crippen molar-refractivity contribution >= 4 is 35.2 Å². The minimum Gasteiger partial charge on any atom is -0.495 e. The summed E-state index contributed by atoms with van der Waals surface area (Å²) in [7, 11) is 1.53. The fraction of sp³-hybridized carbons (Fsp3) is 0.500. The van der Waals surface area contributed by atoms with E-state index >= 15 is 0 Å². The number of amides is 1. The number of ether oxygens (including phenoxy) is 3. The van der Waals surface area contributed by atoms with Crippen molar-refractivity contribution in [3.63, 3.8) is 0 Å². The van der Waals surface area contributed by atoms with E-state index in [0.717, 1.165) is 18.4 Å². The first-order valence-electron chi connectivity index (χ1n) is 12.3. The molecule has 1 fully saturated rings. The van der Waals surface area contributed by atoms with Crippen molar-refractivity contribution in [3.05, 3.63) is 50.7 Å². The minimum atomic E-state index is -0.864. The Morgan fingerprint density at radius 2 is 2.13 bits per heavy atom. The summed E-state index contributed by atoms with van der Waals surface area (Å²) in [6.45, 7) is 1.43. The molecule has 0 bridgehead atoms. The Bertz CT molecular complexity index is 1150. The van der Waals surface area contributed by atoms with Crippen LogP contribution in [0.15, 0.2) is 24.4 Å². The van der Waals surface area contributed by atoms with Crippen LogP contribution in [0.1, 0.15) is 41.6 Å². The van der Waals surface area contributed by atoms with Crippen LogP contribution in [-0.4, -0.2) is 73.1 Å². The average molecular weight is 567 g/mol. The lowest BCUT2D eigenvalue weighted by Crippen LogP contribution is -2.35. The number of esters is 1. The van der Waals surface area contributed by atoms with Crippen molar-refractivity contribution in [1.82, 2.24) is 9.97 Å². The third kappa shape index (κ3) is 9.11. The maximum atomic E-state index is 12.1. The van der Waals surface area contributed by atoms with Crippen LogP contribution in [0.5, 0.6) is 5.75 Å². The van der Waals surface area contributed by atoms with Gasteiger partial charge in [-0.05, 0) is 37.0 Å². The van der Waals surface area contributed by atoms with Crippen LogP contribution in [0, 0.1) is 10.1 Å². The quantitative estimate of drug-likeness (QED) is 0.131. The highest BCUT2D eigenvalue weighted by Crippen LogP contribution is 2.27. The van der Waals surface area contributed by atoms with E-state index in [1.54, 1.807) is 12.1 Å². The van der Waals surface area contributed by atoms with Gasteiger partial charge in [-0.3, -0.25) is 9.59 Å². The summed E-state index contributed by atoms with van der Waals surface area (Å²) >= 11 is 6.21. The molecule has 1 saturated heterocycles. The zero-order valence-electron chi connectivity index (χ0n) is 21.5. The largest absolute Gasteiger partial charge is 0.495 e. The second kappa shape index (κ2) is 14.9. The van der Waals surface area contributed by atoms with Crippen molar-refractivity contribution < 1.29 is 33.7 Å². The summed E-state index contributed by atoms with van der Waals surface area (Å²) in [5.74, 6) is 0.123. The van der Waals surface area contributed by atoms with E-state index in [9.17, 15) is 19.7 Å². The standard InChI is InChI=1S/C24H31ClN6O8/c1-36-20-6-5-16(12-19(20)25)13-27-23-18(22(26)33)14-28-24(29-23)30-8-2-4-17(30)15-38-21(32)7-11-37-9-3-10-39-31(34)35/h5-6,12,14,17H,2-4,7-11,13,15H2,1H3,(H2,26,33)(H,27,28,29)/t17-/m0/s1. The predicted octanol–water partition coefficient (Wildman–Crippen LogP) is 2.37. The summed E-state index contributed by atoms with van der Waals surface area (Å²) < 4.78 is 15.9. The molecule has 2 heterocycles. The number of halogens is 1. The zero-order valence-corrected chi connectivity index (χ0v) is 22.2. The highest BCUT2D eigenvalue weighted by atomic mass is 35.5. The molecule has 0 spiro atoms. The highest BCUT2D eigenvalue weighted by molar-refractivity contribution is 6.32. The second-order valence-corrected chi connectivity index (χ2v) is 8.97. The van der Waals surface area contributed by atoms with Gasteiger partial charge in [0.25, 0.3) is 11.0 Å². The van der Waals surface area contributed by atoms with E-state index in [1.807, 2.05) is 11.0 Å². The predicted molar refractivity (Wildman–Crippen MR) is 140 cm³/mol. The lowest BCUT2D eigenvalue weighted by atomic mass is 10.2. The van der Waals surface area contributed by atoms with Crippen LogP contribution in [-0.2, 0) is 25.7 Å². The lowest BCUT2D eigenvalue weighted by molar-refractivity contribution is -0.757. The second-order valence-electron chi connectivity index (χ2n) is 8.56. The van der Waals surface area contributed by atoms with Crippen LogP contribution >= 0.6 is 11.6 Å². The van der Waals surface area contributed by atoms with E-state index in [-0.39, 0.29) is 50.3 Å². The van der Waals surface area contributed by atoms with Gasteiger partial charge in [-0.25, -0.2) is 4.98 Å². The van der Waals surface area contributed by atoms with Gasteiger partial charge in [0.1, 0.15) is 18.2 Å². The average Bonchev–Trinajstić information content (AvgIpc) is 3.38. The SMILES string of the molecule is COc1ccc(CNc2nc(N3CCC[C@H]3COC(=O)CCOCCCO[N+](=O)[O-])ncc2C(N)=O)cc1Cl. The van der Waals surface area contributed by atoms with Crippen LogP contribution < -0.4 is 20.7 Å². The van der Waals surface area contributed by atoms with Crippen LogP contribution in [0.25, 0.3) is 0 Å². The summed E-state index contributed by atoms with van der Waals surface area (Å²) in [5, 5.41) is 12.8. The number of nitrogens with one attached hydrogen (secondary N) is 1. The highest BCUT2D eigenvalue weighted by Gasteiger charge is 2.29. The number of aromatic nitrogens is 2. The minimum absolute atomic E-state index is 0.0517. The molecule has 0 radical (unpaired) electrons. The first-order chi connectivity index (χ1) is 18.8. The van der Waals surface area contributed by atoms with Gasteiger partial charge in [0.2, 0.25) is 5.95 Å². The van der Waals surface area contributed by atoms with Gasteiger partial charge in [0.15, 0.2) is 0 Å². The number of anilines is 2. The molecule has 1 aliphatic rings. The zero-order chi connectivity index (χ0) is 28.2. The van der Waals surface area contributed by atoms with Gasteiger partial charge < -0.3 is 35.0 Å². The lowest BCUT2D eigenvalue weighted by Gasteiger charge is -2.25. The number of rotatable bonds is 16. The third-order valence-electron chi connectivity index (χ3n) is 5.87. The normalized spacial score (nSPS) is 14.6. The molecule has 0 unspecified atom stereocenters. The van der Waals surface area contributed by atoms with Crippen molar-refractivity contribution in [3.8, 4) is 5.75 Å². The molecule has 1 aliphatic heterocycles. The summed E-state index contributed by atoms with van der Waals surface area (Å²) in [4.78, 5) is 49.2. The summed E-state index contributed by atoms with van der Waals surface area (Å²) in [6, 6.07) is 5.20. The molecule has 2 aromatic rings. The molecule has 14 nitrogen and oxygen atoms in total. The number of hydrogen-bond acceptors (Lipinski definition) is 12. The monoisotopic (exact) mass is 566 g/mol. The van der Waals surface area contributed by atoms with Gasteiger partial charge in [-0.1, -0.05) is 17.7 Å². The Kier molecular flexibility index (Phi) is 11.3. The first-order valence-corrected chi connectivity index (χ1v) is 12.7. The Morgan fingerprint density at radius 1 is 1.31 bits per heavy atom. The molecule has 15 heteroatoms. The Morgan fingerprint density at radius 3 is 2.85 bits per heavy atom. The van der Waals surface area contributed by atoms with Crippen LogP contribution in [0.3, 0.4) is 0 Å². The van der Waals surface area contributed by atoms with Gasteiger partial charge in [0.05, 0.1) is 43.4 Å². The first kappa shape index (κ1) is 29.6. The molecule has 0 saturated carbocycles. The van der Waals surface area contributed by atoms with E-state index in [0.29, 0.717) is 36.2 Å². The maximum Gasteiger partial charge on any atom is 0.308 e. The van der Waals surface area contributed by atoms with E-state index in [1.165, 1.54) is 13.3 Å². The molecule has 1 aromatic heterocycles. The van der Waals surface area contributed by atoms with E-state index in [4.69, 9.17) is 31.5 Å². The summed E-state index contributed by atoms with van der Waals surface area (Å²) in [6.07, 6.45) is 3.39. The molecule has 0 aliphatic carbocycles. The number of nitrogens with zero attached hydrogens (tertiary/aromatic N) is 4. The molecular weight excluding hydrogens is 536 g/mol. The number of hydrogen-bond donors (Lipinski definition) is 2. The Balaban J connectivity index is 1.54. The van der Waals surface area contributed by atoms with Gasteiger partial charge in [-0.2, -0.15) is 4.98 Å². The molecule has 1 atom stereocenters. The molecular formula is C24H31ClN6O8.